The molecule has 4 nitrogen and oxygen atoms in total. The Kier molecular flexibility index (Phi) is 2.63. The van der Waals surface area contributed by atoms with Crippen molar-refractivity contribution in [1.29, 1.82) is 0 Å². The highest BCUT2D eigenvalue weighted by Gasteiger charge is 2.40. The Morgan fingerprint density at radius 3 is 3.00 bits per heavy atom. The zero-order valence-corrected chi connectivity index (χ0v) is 8.94. The van der Waals surface area contributed by atoms with Gasteiger partial charge in [-0.3, -0.25) is 4.90 Å². The molecule has 1 saturated heterocycles. The first-order chi connectivity index (χ1) is 7.11. The zero-order chi connectivity index (χ0) is 10.9. The maximum absolute atomic E-state index is 9.90. The number of hydrogen-bond acceptors (Lipinski definition) is 4. The summed E-state index contributed by atoms with van der Waals surface area (Å²) >= 11 is 0. The molecule has 0 aromatic carbocycles. The molecule has 2 rings (SSSR count). The van der Waals surface area contributed by atoms with Crippen LogP contribution in [0.2, 0.25) is 0 Å². The van der Waals surface area contributed by atoms with Crippen LogP contribution in [-0.2, 0) is 6.54 Å². The Balaban J connectivity index is 1.83. The van der Waals surface area contributed by atoms with Crippen LogP contribution in [0.5, 0.6) is 0 Å². The first-order valence-corrected chi connectivity index (χ1v) is 5.08. The van der Waals surface area contributed by atoms with Gasteiger partial charge in [0.05, 0.1) is 18.3 Å². The van der Waals surface area contributed by atoms with E-state index < -0.39 is 5.60 Å². The summed E-state index contributed by atoms with van der Waals surface area (Å²) < 4.78 is 5.36. The van der Waals surface area contributed by atoms with Gasteiger partial charge in [-0.05, 0) is 13.3 Å². The summed E-state index contributed by atoms with van der Waals surface area (Å²) in [5, 5.41) is 9.90. The number of aliphatic hydroxyl groups is 1. The SMILES string of the molecule is C=CCC1(O)CN(Cc2ncc(C)o2)C1. The number of rotatable bonds is 4. The van der Waals surface area contributed by atoms with E-state index in [2.05, 4.69) is 16.5 Å². The van der Waals surface area contributed by atoms with Crippen molar-refractivity contribution in [3.05, 3.63) is 30.5 Å². The fourth-order valence-corrected chi connectivity index (χ4v) is 1.96. The third-order valence-electron chi connectivity index (χ3n) is 2.59. The topological polar surface area (TPSA) is 49.5 Å². The lowest BCUT2D eigenvalue weighted by atomic mass is 9.91. The minimum atomic E-state index is -0.580. The average molecular weight is 208 g/mol. The Morgan fingerprint density at radius 1 is 1.73 bits per heavy atom. The Labute approximate surface area is 89.2 Å². The second-order valence-electron chi connectivity index (χ2n) is 4.23. The minimum absolute atomic E-state index is 0.580. The number of β-amino-alcohol motifs (C(OH)–C–C–N with tert-alkyl or cyclic N) is 1. The van der Waals surface area contributed by atoms with E-state index in [1.807, 2.05) is 6.92 Å². The Bertz CT molecular complexity index is 353. The van der Waals surface area contributed by atoms with Crippen LogP contribution in [0.15, 0.2) is 23.3 Å². The lowest BCUT2D eigenvalue weighted by molar-refractivity contribution is -0.101. The maximum atomic E-state index is 9.90. The van der Waals surface area contributed by atoms with Crippen LogP contribution in [-0.4, -0.2) is 33.7 Å². The zero-order valence-electron chi connectivity index (χ0n) is 8.94. The van der Waals surface area contributed by atoms with Crippen LogP contribution in [0, 0.1) is 6.92 Å². The lowest BCUT2D eigenvalue weighted by Gasteiger charge is -2.45. The van der Waals surface area contributed by atoms with Gasteiger partial charge in [-0.15, -0.1) is 6.58 Å². The molecule has 1 aliphatic rings. The van der Waals surface area contributed by atoms with Gasteiger partial charge in [0.25, 0.3) is 0 Å². The smallest absolute Gasteiger partial charge is 0.208 e. The molecule has 2 heterocycles. The van der Waals surface area contributed by atoms with Gasteiger partial charge in [-0.2, -0.15) is 0 Å². The van der Waals surface area contributed by atoms with Gasteiger partial charge in [-0.1, -0.05) is 6.08 Å². The Morgan fingerprint density at radius 2 is 2.47 bits per heavy atom. The predicted octanol–water partition coefficient (Wildman–Crippen LogP) is 1.11. The quantitative estimate of drug-likeness (QED) is 0.753. The summed E-state index contributed by atoms with van der Waals surface area (Å²) in [4.78, 5) is 6.23. The van der Waals surface area contributed by atoms with Gasteiger partial charge in [-0.25, -0.2) is 4.98 Å². The molecule has 1 aliphatic heterocycles. The molecule has 15 heavy (non-hydrogen) atoms. The normalized spacial score (nSPS) is 19.9. The lowest BCUT2D eigenvalue weighted by Crippen LogP contribution is -2.60. The first kappa shape index (κ1) is 10.4. The van der Waals surface area contributed by atoms with Crippen molar-refractivity contribution in [2.75, 3.05) is 13.1 Å². The van der Waals surface area contributed by atoms with Gasteiger partial charge in [0.2, 0.25) is 5.89 Å². The van der Waals surface area contributed by atoms with E-state index in [0.29, 0.717) is 31.9 Å². The van der Waals surface area contributed by atoms with Gasteiger partial charge in [0, 0.05) is 13.1 Å². The number of nitrogens with zero attached hydrogens (tertiary/aromatic N) is 2. The second-order valence-corrected chi connectivity index (χ2v) is 4.23. The molecule has 0 unspecified atom stereocenters. The average Bonchev–Trinajstić information content (AvgIpc) is 2.49. The number of aryl methyl sites for hydroxylation is 1. The van der Waals surface area contributed by atoms with Crippen molar-refractivity contribution in [3.8, 4) is 0 Å². The van der Waals surface area contributed by atoms with Crippen molar-refractivity contribution >= 4 is 0 Å². The fourth-order valence-electron chi connectivity index (χ4n) is 1.96. The van der Waals surface area contributed by atoms with E-state index >= 15 is 0 Å². The van der Waals surface area contributed by atoms with Crippen LogP contribution in [0.4, 0.5) is 0 Å². The molecule has 0 bridgehead atoms. The molecule has 1 aromatic rings. The monoisotopic (exact) mass is 208 g/mol. The molecule has 1 N–H and O–H groups in total. The van der Waals surface area contributed by atoms with E-state index in [4.69, 9.17) is 4.42 Å². The third-order valence-corrected chi connectivity index (χ3v) is 2.59. The van der Waals surface area contributed by atoms with Crippen molar-refractivity contribution in [3.63, 3.8) is 0 Å². The van der Waals surface area contributed by atoms with Gasteiger partial charge >= 0.3 is 0 Å². The highest BCUT2D eigenvalue weighted by molar-refractivity contribution is 5.01. The molecule has 1 fully saturated rings. The summed E-state index contributed by atoms with van der Waals surface area (Å²) in [5.74, 6) is 1.54. The van der Waals surface area contributed by atoms with Crippen LogP contribution in [0.1, 0.15) is 18.1 Å². The van der Waals surface area contributed by atoms with E-state index in [-0.39, 0.29) is 0 Å². The number of hydrogen-bond donors (Lipinski definition) is 1. The number of aromatic nitrogens is 1. The molecule has 1 aromatic heterocycles. The fraction of sp³-hybridized carbons (Fsp3) is 0.545. The summed E-state index contributed by atoms with van der Waals surface area (Å²) in [6.45, 7) is 7.51. The molecule has 0 atom stereocenters. The first-order valence-electron chi connectivity index (χ1n) is 5.08. The number of oxazole rings is 1. The van der Waals surface area contributed by atoms with Crippen molar-refractivity contribution in [2.24, 2.45) is 0 Å². The van der Waals surface area contributed by atoms with Gasteiger partial charge < -0.3 is 9.52 Å². The van der Waals surface area contributed by atoms with E-state index in [9.17, 15) is 5.11 Å². The summed E-state index contributed by atoms with van der Waals surface area (Å²) in [5.41, 5.74) is -0.580. The Hall–Kier alpha value is -1.13. The van der Waals surface area contributed by atoms with Gasteiger partial charge in [0.15, 0.2) is 0 Å². The van der Waals surface area contributed by atoms with E-state index in [0.717, 1.165) is 5.76 Å². The molecule has 4 heteroatoms. The van der Waals surface area contributed by atoms with Crippen LogP contribution >= 0.6 is 0 Å². The molecule has 0 saturated carbocycles. The summed E-state index contributed by atoms with van der Waals surface area (Å²) in [7, 11) is 0. The maximum Gasteiger partial charge on any atom is 0.208 e. The largest absolute Gasteiger partial charge is 0.445 e. The highest BCUT2D eigenvalue weighted by atomic mass is 16.4. The number of likely N-dealkylation sites (tertiary alicyclic amines) is 1. The van der Waals surface area contributed by atoms with Crippen molar-refractivity contribution in [2.45, 2.75) is 25.5 Å². The molecule has 0 aliphatic carbocycles. The highest BCUT2D eigenvalue weighted by Crippen LogP contribution is 2.26. The van der Waals surface area contributed by atoms with Crippen molar-refractivity contribution in [1.82, 2.24) is 9.88 Å². The molecular formula is C11H16N2O2. The second kappa shape index (κ2) is 3.79. The molecule has 0 amide bonds. The predicted molar refractivity (Wildman–Crippen MR) is 56.3 cm³/mol. The molecular weight excluding hydrogens is 192 g/mol. The summed E-state index contributed by atoms with van der Waals surface area (Å²) in [6, 6.07) is 0. The molecule has 0 spiro atoms. The molecule has 0 radical (unpaired) electrons. The standard InChI is InChI=1S/C11H16N2O2/c1-3-4-11(14)7-13(8-11)6-10-12-5-9(2)15-10/h3,5,14H,1,4,6-8H2,2H3. The van der Waals surface area contributed by atoms with E-state index in [1.54, 1.807) is 12.3 Å². The van der Waals surface area contributed by atoms with E-state index in [1.165, 1.54) is 0 Å². The molecule has 82 valence electrons. The van der Waals surface area contributed by atoms with Crippen LogP contribution in [0.3, 0.4) is 0 Å². The van der Waals surface area contributed by atoms with Crippen LogP contribution in [0.25, 0.3) is 0 Å². The third kappa shape index (κ3) is 2.27. The minimum Gasteiger partial charge on any atom is -0.445 e. The van der Waals surface area contributed by atoms with Crippen molar-refractivity contribution < 1.29 is 9.52 Å². The van der Waals surface area contributed by atoms with Crippen LogP contribution < -0.4 is 0 Å². The van der Waals surface area contributed by atoms with Gasteiger partial charge in [0.1, 0.15) is 5.76 Å². The summed E-state index contributed by atoms with van der Waals surface area (Å²) in [6.07, 6.45) is 4.12.